The van der Waals surface area contributed by atoms with Crippen LogP contribution in [0.2, 0.25) is 0 Å². The Morgan fingerprint density at radius 1 is 0.968 bits per heavy atom. The molecule has 3 aromatic carbocycles. The zero-order valence-corrected chi connectivity index (χ0v) is 16.8. The van der Waals surface area contributed by atoms with Crippen LogP contribution in [0.3, 0.4) is 0 Å². The molecule has 1 atom stereocenters. The summed E-state index contributed by atoms with van der Waals surface area (Å²) in [6, 6.07) is 19.0. The molecule has 1 aliphatic heterocycles. The van der Waals surface area contributed by atoms with Gasteiger partial charge in [0.2, 0.25) is 6.79 Å². The molecule has 0 bridgehead atoms. The van der Waals surface area contributed by atoms with Crippen molar-refractivity contribution in [3.63, 3.8) is 0 Å². The average Bonchev–Trinajstić information content (AvgIpc) is 3.26. The minimum Gasteiger partial charge on any atom is -0.508 e. The van der Waals surface area contributed by atoms with Crippen LogP contribution >= 0.6 is 0 Å². The van der Waals surface area contributed by atoms with Crippen molar-refractivity contribution in [3.8, 4) is 28.4 Å². The number of ether oxygens (including phenoxy) is 3. The standard InChI is InChI=1S/C24H21NO6/c1-15(23(27)25-13-16-2-11-21-22(12-16)30-14-29-21)31-24(28)19-5-3-17(4-6-19)18-7-9-20(26)10-8-18/h2-12,15,26H,13-14H2,1H3,(H,25,27)/t15-/m0/s1. The molecule has 7 nitrogen and oxygen atoms in total. The lowest BCUT2D eigenvalue weighted by molar-refractivity contribution is -0.129. The van der Waals surface area contributed by atoms with E-state index in [1.807, 2.05) is 6.07 Å². The van der Waals surface area contributed by atoms with Crippen LogP contribution in [0.5, 0.6) is 17.2 Å². The predicted octanol–water partition coefficient (Wildman–Crippen LogP) is 3.65. The van der Waals surface area contributed by atoms with Gasteiger partial charge < -0.3 is 24.6 Å². The number of aromatic hydroxyl groups is 1. The number of amides is 1. The van der Waals surface area contributed by atoms with E-state index < -0.39 is 18.0 Å². The summed E-state index contributed by atoms with van der Waals surface area (Å²) in [5.74, 6) is 0.528. The molecule has 1 amide bonds. The number of carbonyl (C=O) groups excluding carboxylic acids is 2. The number of carbonyl (C=O) groups is 2. The van der Waals surface area contributed by atoms with Crippen LogP contribution < -0.4 is 14.8 Å². The van der Waals surface area contributed by atoms with Gasteiger partial charge in [-0.1, -0.05) is 30.3 Å². The number of nitrogens with one attached hydrogen (secondary N) is 1. The summed E-state index contributed by atoms with van der Waals surface area (Å²) >= 11 is 0. The van der Waals surface area contributed by atoms with Gasteiger partial charge in [0.25, 0.3) is 5.91 Å². The molecule has 31 heavy (non-hydrogen) atoms. The molecular formula is C24H21NO6. The molecule has 0 aliphatic carbocycles. The Labute approximate surface area is 179 Å². The summed E-state index contributed by atoms with van der Waals surface area (Å²) < 4.78 is 15.9. The lowest BCUT2D eigenvalue weighted by atomic mass is 10.0. The fourth-order valence-corrected chi connectivity index (χ4v) is 3.12. The topological polar surface area (TPSA) is 94.1 Å². The Kier molecular flexibility index (Phi) is 5.75. The van der Waals surface area contributed by atoms with Crippen LogP contribution in [0.1, 0.15) is 22.8 Å². The zero-order chi connectivity index (χ0) is 21.8. The predicted molar refractivity (Wildman–Crippen MR) is 113 cm³/mol. The van der Waals surface area contributed by atoms with Crippen molar-refractivity contribution >= 4 is 11.9 Å². The van der Waals surface area contributed by atoms with Crippen LogP contribution in [0.4, 0.5) is 0 Å². The molecular weight excluding hydrogens is 398 g/mol. The third kappa shape index (κ3) is 4.78. The van der Waals surface area contributed by atoms with E-state index in [-0.39, 0.29) is 19.1 Å². The smallest absolute Gasteiger partial charge is 0.338 e. The molecule has 4 rings (SSSR count). The van der Waals surface area contributed by atoms with Crippen LogP contribution in [0.15, 0.2) is 66.7 Å². The largest absolute Gasteiger partial charge is 0.508 e. The summed E-state index contributed by atoms with van der Waals surface area (Å²) in [7, 11) is 0. The van der Waals surface area contributed by atoms with Crippen LogP contribution in [0.25, 0.3) is 11.1 Å². The van der Waals surface area contributed by atoms with Crippen molar-refractivity contribution in [1.82, 2.24) is 5.32 Å². The van der Waals surface area contributed by atoms with E-state index in [2.05, 4.69) is 5.32 Å². The molecule has 0 aromatic heterocycles. The molecule has 1 heterocycles. The van der Waals surface area contributed by atoms with E-state index in [1.54, 1.807) is 60.7 Å². The molecule has 0 saturated heterocycles. The Bertz CT molecular complexity index is 1090. The van der Waals surface area contributed by atoms with Crippen molar-refractivity contribution in [2.75, 3.05) is 6.79 Å². The van der Waals surface area contributed by atoms with Gasteiger partial charge in [0, 0.05) is 6.54 Å². The van der Waals surface area contributed by atoms with E-state index in [0.29, 0.717) is 17.1 Å². The zero-order valence-electron chi connectivity index (χ0n) is 16.8. The number of fused-ring (bicyclic) bond motifs is 1. The number of phenols is 1. The molecule has 2 N–H and O–H groups in total. The lowest BCUT2D eigenvalue weighted by Crippen LogP contribution is -2.35. The maximum absolute atomic E-state index is 12.4. The van der Waals surface area contributed by atoms with Crippen molar-refractivity contribution in [3.05, 3.63) is 77.9 Å². The monoisotopic (exact) mass is 419 g/mol. The van der Waals surface area contributed by atoms with Crippen molar-refractivity contribution in [1.29, 1.82) is 0 Å². The molecule has 158 valence electrons. The number of rotatable bonds is 6. The van der Waals surface area contributed by atoms with Gasteiger partial charge in [-0.05, 0) is 60.0 Å². The third-order valence-corrected chi connectivity index (χ3v) is 4.88. The summed E-state index contributed by atoms with van der Waals surface area (Å²) in [6.45, 7) is 1.99. The molecule has 0 fully saturated rings. The van der Waals surface area contributed by atoms with E-state index >= 15 is 0 Å². The van der Waals surface area contributed by atoms with Crippen molar-refractivity contribution < 1.29 is 28.9 Å². The Morgan fingerprint density at radius 2 is 1.61 bits per heavy atom. The second kappa shape index (κ2) is 8.79. The highest BCUT2D eigenvalue weighted by Gasteiger charge is 2.19. The Hall–Kier alpha value is -4.00. The summed E-state index contributed by atoms with van der Waals surface area (Å²) in [5, 5.41) is 12.1. The Balaban J connectivity index is 1.31. The molecule has 0 radical (unpaired) electrons. The minimum atomic E-state index is -0.946. The van der Waals surface area contributed by atoms with Gasteiger partial charge in [-0.2, -0.15) is 0 Å². The van der Waals surface area contributed by atoms with E-state index in [9.17, 15) is 14.7 Å². The number of benzene rings is 3. The first-order valence-electron chi connectivity index (χ1n) is 9.76. The summed E-state index contributed by atoms with van der Waals surface area (Å²) in [4.78, 5) is 24.7. The highest BCUT2D eigenvalue weighted by molar-refractivity contribution is 5.92. The maximum atomic E-state index is 12.4. The van der Waals surface area contributed by atoms with E-state index in [0.717, 1.165) is 16.7 Å². The van der Waals surface area contributed by atoms with Gasteiger partial charge in [0.1, 0.15) is 5.75 Å². The lowest BCUT2D eigenvalue weighted by Gasteiger charge is -2.14. The van der Waals surface area contributed by atoms with Gasteiger partial charge in [-0.3, -0.25) is 4.79 Å². The molecule has 1 aliphatic rings. The third-order valence-electron chi connectivity index (χ3n) is 4.88. The molecule has 0 spiro atoms. The van der Waals surface area contributed by atoms with Crippen molar-refractivity contribution in [2.24, 2.45) is 0 Å². The fraction of sp³-hybridized carbons (Fsp3) is 0.167. The number of esters is 1. The quantitative estimate of drug-likeness (QED) is 0.593. The first-order valence-corrected chi connectivity index (χ1v) is 9.76. The number of hydrogen-bond donors (Lipinski definition) is 2. The highest BCUT2D eigenvalue weighted by Crippen LogP contribution is 2.32. The first-order chi connectivity index (χ1) is 15.0. The second-order valence-electron chi connectivity index (χ2n) is 7.08. The molecule has 7 heteroatoms. The van der Waals surface area contributed by atoms with Gasteiger partial charge in [0.15, 0.2) is 17.6 Å². The van der Waals surface area contributed by atoms with Crippen LogP contribution in [0, 0.1) is 0 Å². The SMILES string of the molecule is C[C@H](OC(=O)c1ccc(-c2ccc(O)cc2)cc1)C(=O)NCc1ccc2c(c1)OCO2. The van der Waals surface area contributed by atoms with Crippen LogP contribution in [-0.4, -0.2) is 29.9 Å². The Morgan fingerprint density at radius 3 is 2.32 bits per heavy atom. The highest BCUT2D eigenvalue weighted by atomic mass is 16.7. The fourth-order valence-electron chi connectivity index (χ4n) is 3.12. The van der Waals surface area contributed by atoms with E-state index in [1.165, 1.54) is 6.92 Å². The average molecular weight is 419 g/mol. The number of hydrogen-bond acceptors (Lipinski definition) is 6. The first kappa shape index (κ1) is 20.3. The van der Waals surface area contributed by atoms with Gasteiger partial charge in [-0.15, -0.1) is 0 Å². The van der Waals surface area contributed by atoms with Gasteiger partial charge in [-0.25, -0.2) is 4.79 Å². The normalized spacial score (nSPS) is 12.8. The number of phenolic OH excluding ortho intramolecular Hbond substituents is 1. The second-order valence-corrected chi connectivity index (χ2v) is 7.08. The minimum absolute atomic E-state index is 0.189. The van der Waals surface area contributed by atoms with Crippen LogP contribution in [-0.2, 0) is 16.1 Å². The van der Waals surface area contributed by atoms with Gasteiger partial charge in [0.05, 0.1) is 5.56 Å². The summed E-state index contributed by atoms with van der Waals surface area (Å²) in [5.41, 5.74) is 3.00. The maximum Gasteiger partial charge on any atom is 0.338 e. The molecule has 0 unspecified atom stereocenters. The van der Waals surface area contributed by atoms with Gasteiger partial charge >= 0.3 is 5.97 Å². The van der Waals surface area contributed by atoms with Crippen molar-refractivity contribution in [2.45, 2.75) is 19.6 Å². The molecule has 3 aromatic rings. The summed E-state index contributed by atoms with van der Waals surface area (Å²) in [6.07, 6.45) is -0.946. The van der Waals surface area contributed by atoms with E-state index in [4.69, 9.17) is 14.2 Å². The molecule has 0 saturated carbocycles.